The number of nitrogen functional groups attached to an aromatic ring is 1. The van der Waals surface area contributed by atoms with E-state index in [4.69, 9.17) is 10.5 Å². The number of ether oxygens (including phenoxy) is 1. The van der Waals surface area contributed by atoms with Crippen molar-refractivity contribution < 1.29 is 9.53 Å². The number of nitrogens with one attached hydrogen (secondary N) is 1. The minimum atomic E-state index is -0.0927. The van der Waals surface area contributed by atoms with E-state index in [0.717, 1.165) is 17.7 Å². The van der Waals surface area contributed by atoms with Crippen LogP contribution in [-0.4, -0.2) is 22.5 Å². The maximum atomic E-state index is 12.9. The van der Waals surface area contributed by atoms with Crippen molar-refractivity contribution in [3.63, 3.8) is 0 Å². The van der Waals surface area contributed by atoms with E-state index in [-0.39, 0.29) is 11.4 Å². The van der Waals surface area contributed by atoms with Gasteiger partial charge in [0.2, 0.25) is 0 Å². The maximum absolute atomic E-state index is 12.9. The zero-order valence-electron chi connectivity index (χ0n) is 18.2. The van der Waals surface area contributed by atoms with Gasteiger partial charge in [0.15, 0.2) is 0 Å². The molecule has 0 atom stereocenters. The van der Waals surface area contributed by atoms with Crippen molar-refractivity contribution in [2.45, 2.75) is 39.2 Å². The lowest BCUT2D eigenvalue weighted by Gasteiger charge is -2.29. The number of rotatable bonds is 3. The van der Waals surface area contributed by atoms with E-state index in [9.17, 15) is 4.79 Å². The second-order valence-electron chi connectivity index (χ2n) is 8.88. The molecule has 3 aromatic rings. The second kappa shape index (κ2) is 8.30. The number of benzene rings is 2. The van der Waals surface area contributed by atoms with E-state index in [0.29, 0.717) is 30.4 Å². The molecule has 0 unspecified atom stereocenters. The Morgan fingerprint density at radius 1 is 1.06 bits per heavy atom. The van der Waals surface area contributed by atoms with Crippen LogP contribution in [0.1, 0.15) is 37.5 Å². The molecule has 6 heteroatoms. The zero-order valence-corrected chi connectivity index (χ0v) is 18.2. The number of amides is 2. The minimum absolute atomic E-state index is 0.0285. The van der Waals surface area contributed by atoms with Gasteiger partial charge >= 0.3 is 6.03 Å². The second-order valence-corrected chi connectivity index (χ2v) is 8.88. The molecule has 0 spiro atoms. The number of pyridine rings is 1. The Kier molecular flexibility index (Phi) is 5.55. The molecule has 1 aliphatic heterocycles. The fourth-order valence-corrected chi connectivity index (χ4v) is 3.66. The molecule has 4 rings (SSSR count). The van der Waals surface area contributed by atoms with Crippen LogP contribution in [0.5, 0.6) is 11.5 Å². The summed E-state index contributed by atoms with van der Waals surface area (Å²) in [5.74, 6) is 1.76. The van der Waals surface area contributed by atoms with Crippen LogP contribution in [0, 0.1) is 0 Å². The summed E-state index contributed by atoms with van der Waals surface area (Å²) in [6.07, 6.45) is 2.43. The van der Waals surface area contributed by atoms with Crippen molar-refractivity contribution >= 4 is 17.5 Å². The smallest absolute Gasteiger partial charge is 0.322 e. The third-order valence-corrected chi connectivity index (χ3v) is 5.45. The fraction of sp³-hybridized carbons (Fsp3) is 0.280. The first-order valence-electron chi connectivity index (χ1n) is 10.5. The van der Waals surface area contributed by atoms with Gasteiger partial charge in [-0.15, -0.1) is 0 Å². The number of fused-ring (bicyclic) bond motifs is 1. The number of anilines is 2. The van der Waals surface area contributed by atoms with Crippen molar-refractivity contribution in [3.05, 3.63) is 77.5 Å². The van der Waals surface area contributed by atoms with Gasteiger partial charge in [0, 0.05) is 31.0 Å². The molecule has 31 heavy (non-hydrogen) atoms. The molecular formula is C25H28N4O2. The van der Waals surface area contributed by atoms with Gasteiger partial charge in [-0.1, -0.05) is 39.0 Å². The third-order valence-electron chi connectivity index (χ3n) is 5.45. The molecule has 6 nitrogen and oxygen atoms in total. The van der Waals surface area contributed by atoms with Gasteiger partial charge in [0.05, 0.1) is 0 Å². The Morgan fingerprint density at radius 3 is 2.65 bits per heavy atom. The predicted molar refractivity (Wildman–Crippen MR) is 123 cm³/mol. The van der Waals surface area contributed by atoms with E-state index in [2.05, 4.69) is 43.2 Å². The summed E-state index contributed by atoms with van der Waals surface area (Å²) in [5, 5.41) is 3.05. The van der Waals surface area contributed by atoms with Crippen molar-refractivity contribution in [2.24, 2.45) is 0 Å². The number of nitrogens with zero attached hydrogens (tertiary/aromatic N) is 2. The number of aromatic nitrogens is 1. The molecule has 0 saturated heterocycles. The van der Waals surface area contributed by atoms with Crippen LogP contribution in [-0.2, 0) is 18.4 Å². The van der Waals surface area contributed by atoms with E-state index in [1.165, 1.54) is 11.1 Å². The highest BCUT2D eigenvalue weighted by Crippen LogP contribution is 2.29. The predicted octanol–water partition coefficient (Wildman–Crippen LogP) is 5.34. The van der Waals surface area contributed by atoms with Gasteiger partial charge < -0.3 is 20.7 Å². The lowest BCUT2D eigenvalue weighted by Crippen LogP contribution is -2.38. The largest absolute Gasteiger partial charge is 0.457 e. The molecule has 2 aromatic carbocycles. The van der Waals surface area contributed by atoms with Gasteiger partial charge in [-0.05, 0) is 58.9 Å². The summed E-state index contributed by atoms with van der Waals surface area (Å²) in [7, 11) is 0. The number of carbonyl (C=O) groups excluding carboxylic acids is 1. The molecule has 1 aliphatic rings. The molecule has 0 saturated carbocycles. The molecule has 160 valence electrons. The van der Waals surface area contributed by atoms with Gasteiger partial charge in [0.1, 0.15) is 17.3 Å². The van der Waals surface area contributed by atoms with E-state index >= 15 is 0 Å². The number of hydrogen-bond donors (Lipinski definition) is 2. The van der Waals surface area contributed by atoms with Crippen molar-refractivity contribution in [2.75, 3.05) is 17.6 Å². The Morgan fingerprint density at radius 2 is 1.87 bits per heavy atom. The minimum Gasteiger partial charge on any atom is -0.457 e. The summed E-state index contributed by atoms with van der Waals surface area (Å²) in [4.78, 5) is 18.7. The first kappa shape index (κ1) is 20.7. The van der Waals surface area contributed by atoms with Crippen LogP contribution in [0.2, 0.25) is 0 Å². The molecule has 3 N–H and O–H groups in total. The highest BCUT2D eigenvalue weighted by molar-refractivity contribution is 5.89. The van der Waals surface area contributed by atoms with Gasteiger partial charge in [0.25, 0.3) is 0 Å². The highest BCUT2D eigenvalue weighted by Gasteiger charge is 2.22. The first-order chi connectivity index (χ1) is 14.8. The van der Waals surface area contributed by atoms with Gasteiger partial charge in [-0.3, -0.25) is 0 Å². The summed E-state index contributed by atoms with van der Waals surface area (Å²) in [5.41, 5.74) is 10.1. The Balaban J connectivity index is 1.46. The van der Waals surface area contributed by atoms with E-state index < -0.39 is 0 Å². The lowest BCUT2D eigenvalue weighted by atomic mass is 9.87. The summed E-state index contributed by atoms with van der Waals surface area (Å²) in [6.45, 7) is 7.70. The van der Waals surface area contributed by atoms with Crippen LogP contribution < -0.4 is 15.8 Å². The van der Waals surface area contributed by atoms with Crippen LogP contribution in [0.15, 0.2) is 60.8 Å². The Hall–Kier alpha value is -3.54. The first-order valence-corrected chi connectivity index (χ1v) is 10.5. The normalized spacial score (nSPS) is 13.5. The molecular weight excluding hydrogens is 388 g/mol. The Labute approximate surface area is 183 Å². The number of carbonyl (C=O) groups is 1. The molecule has 2 heterocycles. The Bertz CT molecular complexity index is 1100. The number of urea groups is 1. The molecule has 0 bridgehead atoms. The summed E-state index contributed by atoms with van der Waals surface area (Å²) < 4.78 is 5.92. The summed E-state index contributed by atoms with van der Waals surface area (Å²) >= 11 is 0. The number of nitrogens with two attached hydrogens (primary N) is 1. The quantitative estimate of drug-likeness (QED) is 0.604. The summed E-state index contributed by atoms with van der Waals surface area (Å²) in [6, 6.07) is 17.4. The standard InChI is InChI=1S/C25H28N4O2/c1-25(2,3)19-5-4-6-20(14-19)28-24(30)29-12-10-17-7-8-21(13-18(17)16-29)31-22-9-11-27-23(26)15-22/h4-9,11,13-15H,10,12,16H2,1-3H3,(H2,26,27)(H,28,30). The topological polar surface area (TPSA) is 80.5 Å². The maximum Gasteiger partial charge on any atom is 0.322 e. The van der Waals surface area contributed by atoms with Crippen LogP contribution in [0.4, 0.5) is 16.3 Å². The van der Waals surface area contributed by atoms with Gasteiger partial charge in [-0.2, -0.15) is 0 Å². The fourth-order valence-electron chi connectivity index (χ4n) is 3.66. The zero-order chi connectivity index (χ0) is 22.0. The highest BCUT2D eigenvalue weighted by atomic mass is 16.5. The van der Waals surface area contributed by atoms with Crippen molar-refractivity contribution in [3.8, 4) is 11.5 Å². The van der Waals surface area contributed by atoms with Crippen LogP contribution in [0.3, 0.4) is 0 Å². The lowest BCUT2D eigenvalue weighted by molar-refractivity contribution is 0.206. The average molecular weight is 417 g/mol. The van der Waals surface area contributed by atoms with Crippen LogP contribution in [0.25, 0.3) is 0 Å². The van der Waals surface area contributed by atoms with Crippen molar-refractivity contribution in [1.29, 1.82) is 0 Å². The molecule has 0 aliphatic carbocycles. The van der Waals surface area contributed by atoms with E-state index in [1.807, 2.05) is 35.2 Å². The van der Waals surface area contributed by atoms with E-state index in [1.54, 1.807) is 18.3 Å². The molecule has 0 radical (unpaired) electrons. The van der Waals surface area contributed by atoms with Gasteiger partial charge in [-0.25, -0.2) is 9.78 Å². The molecule has 0 fully saturated rings. The van der Waals surface area contributed by atoms with Crippen LogP contribution >= 0.6 is 0 Å². The monoisotopic (exact) mass is 416 g/mol. The third kappa shape index (κ3) is 4.97. The molecule has 2 amide bonds. The average Bonchev–Trinajstić information content (AvgIpc) is 2.73. The number of hydrogen-bond acceptors (Lipinski definition) is 4. The van der Waals surface area contributed by atoms with Crippen molar-refractivity contribution in [1.82, 2.24) is 9.88 Å². The molecule has 1 aromatic heterocycles. The SMILES string of the molecule is CC(C)(C)c1cccc(NC(=O)N2CCc3ccc(Oc4ccnc(N)c4)cc3C2)c1.